The molecule has 0 aliphatic carbocycles. The molecule has 102 valence electrons. The highest BCUT2D eigenvalue weighted by atomic mass is 16.2. The molecule has 5 nitrogen and oxygen atoms in total. The van der Waals surface area contributed by atoms with Gasteiger partial charge >= 0.3 is 0 Å². The Kier molecular flexibility index (Phi) is 3.79. The highest BCUT2D eigenvalue weighted by Gasteiger charge is 2.24. The van der Waals surface area contributed by atoms with E-state index in [-0.39, 0.29) is 12.5 Å². The van der Waals surface area contributed by atoms with Gasteiger partial charge in [-0.05, 0) is 39.2 Å². The molecule has 2 heterocycles. The van der Waals surface area contributed by atoms with Crippen molar-refractivity contribution in [1.29, 1.82) is 5.26 Å². The van der Waals surface area contributed by atoms with E-state index in [2.05, 4.69) is 13.0 Å². The molecular formula is C14H20N4O. The molecular weight excluding hydrogens is 240 g/mol. The van der Waals surface area contributed by atoms with Gasteiger partial charge in [0.25, 0.3) is 0 Å². The molecule has 2 rings (SSSR count). The number of nitrogens with zero attached hydrogens (tertiary/aromatic N) is 3. The van der Waals surface area contributed by atoms with Crippen LogP contribution < -0.4 is 5.73 Å². The summed E-state index contributed by atoms with van der Waals surface area (Å²) in [5, 5.41) is 9.08. The summed E-state index contributed by atoms with van der Waals surface area (Å²) in [5.74, 6) is 0.0717. The van der Waals surface area contributed by atoms with Crippen molar-refractivity contribution < 1.29 is 4.79 Å². The smallest absolute Gasteiger partial charge is 0.242 e. The number of aromatic nitrogens is 1. The number of hydrogen-bond acceptors (Lipinski definition) is 3. The predicted molar refractivity (Wildman–Crippen MR) is 73.3 cm³/mol. The lowest BCUT2D eigenvalue weighted by atomic mass is 10.0. The topological polar surface area (TPSA) is 75.0 Å². The highest BCUT2D eigenvalue weighted by Crippen LogP contribution is 2.20. The largest absolute Gasteiger partial charge is 0.397 e. The Morgan fingerprint density at radius 2 is 2.32 bits per heavy atom. The Morgan fingerprint density at radius 1 is 1.58 bits per heavy atom. The van der Waals surface area contributed by atoms with Gasteiger partial charge in [0, 0.05) is 18.3 Å². The normalized spacial score (nSPS) is 19.2. The van der Waals surface area contributed by atoms with E-state index in [0.29, 0.717) is 17.4 Å². The number of likely N-dealkylation sites (tertiary alicyclic amines) is 1. The summed E-state index contributed by atoms with van der Waals surface area (Å²) >= 11 is 0. The van der Waals surface area contributed by atoms with E-state index in [1.807, 2.05) is 11.8 Å². The summed E-state index contributed by atoms with van der Waals surface area (Å²) in [6.45, 7) is 4.94. The second kappa shape index (κ2) is 5.35. The van der Waals surface area contributed by atoms with Crippen LogP contribution in [0.2, 0.25) is 0 Å². The van der Waals surface area contributed by atoms with Gasteiger partial charge in [0.1, 0.15) is 18.3 Å². The van der Waals surface area contributed by atoms with E-state index in [1.54, 1.807) is 10.6 Å². The van der Waals surface area contributed by atoms with Crippen LogP contribution in [0.15, 0.2) is 6.07 Å². The Hall–Kier alpha value is -1.96. The van der Waals surface area contributed by atoms with E-state index in [4.69, 9.17) is 11.0 Å². The molecule has 5 heteroatoms. The van der Waals surface area contributed by atoms with Crippen LogP contribution in [0.25, 0.3) is 0 Å². The van der Waals surface area contributed by atoms with Gasteiger partial charge in [-0.2, -0.15) is 5.26 Å². The van der Waals surface area contributed by atoms with Gasteiger partial charge in [0.2, 0.25) is 5.91 Å². The second-order valence-electron chi connectivity index (χ2n) is 5.20. The summed E-state index contributed by atoms with van der Waals surface area (Å²) in [6, 6.07) is 4.01. The standard InChI is InChI=1S/C14H20N4O/c1-10-5-3-4-6-17(10)14(19)9-18-11(2)13(16)7-12(18)8-15/h7,10H,3-6,9,16H2,1-2H3/t10-/m1/s1. The summed E-state index contributed by atoms with van der Waals surface area (Å²) in [5.41, 5.74) is 7.61. The maximum Gasteiger partial charge on any atom is 0.242 e. The molecule has 0 saturated carbocycles. The van der Waals surface area contributed by atoms with Gasteiger partial charge in [0.15, 0.2) is 0 Å². The van der Waals surface area contributed by atoms with Crippen LogP contribution >= 0.6 is 0 Å². The van der Waals surface area contributed by atoms with E-state index >= 15 is 0 Å². The first-order valence-electron chi connectivity index (χ1n) is 6.69. The van der Waals surface area contributed by atoms with Crippen LogP contribution in [0, 0.1) is 18.3 Å². The molecule has 0 bridgehead atoms. The molecule has 1 fully saturated rings. The van der Waals surface area contributed by atoms with Crippen molar-refractivity contribution >= 4 is 11.6 Å². The molecule has 0 radical (unpaired) electrons. The molecule has 1 aliphatic rings. The van der Waals surface area contributed by atoms with Crippen LogP contribution in [0.1, 0.15) is 37.6 Å². The van der Waals surface area contributed by atoms with Gasteiger partial charge in [-0.25, -0.2) is 0 Å². The van der Waals surface area contributed by atoms with Crippen molar-refractivity contribution in [3.05, 3.63) is 17.5 Å². The van der Waals surface area contributed by atoms with Gasteiger partial charge in [-0.3, -0.25) is 4.79 Å². The van der Waals surface area contributed by atoms with E-state index in [9.17, 15) is 4.79 Å². The lowest BCUT2D eigenvalue weighted by molar-refractivity contribution is -0.135. The number of piperidine rings is 1. The fourth-order valence-electron chi connectivity index (χ4n) is 2.66. The second-order valence-corrected chi connectivity index (χ2v) is 5.20. The number of amides is 1. The molecule has 1 aliphatic heterocycles. The summed E-state index contributed by atoms with van der Waals surface area (Å²) in [7, 11) is 0. The van der Waals surface area contributed by atoms with E-state index < -0.39 is 0 Å². The first-order valence-corrected chi connectivity index (χ1v) is 6.69. The lowest BCUT2D eigenvalue weighted by Crippen LogP contribution is -2.43. The van der Waals surface area contributed by atoms with Crippen LogP contribution in [-0.4, -0.2) is 28.0 Å². The molecule has 19 heavy (non-hydrogen) atoms. The Balaban J connectivity index is 2.17. The molecule has 1 saturated heterocycles. The summed E-state index contributed by atoms with van der Waals surface area (Å²) < 4.78 is 1.71. The zero-order valence-corrected chi connectivity index (χ0v) is 11.5. The van der Waals surface area contributed by atoms with Crippen molar-refractivity contribution in [3.63, 3.8) is 0 Å². The van der Waals surface area contributed by atoms with Crippen molar-refractivity contribution in [3.8, 4) is 6.07 Å². The molecule has 1 amide bonds. The van der Waals surface area contributed by atoms with Crippen molar-refractivity contribution in [2.24, 2.45) is 0 Å². The van der Waals surface area contributed by atoms with Crippen molar-refractivity contribution in [2.45, 2.75) is 45.7 Å². The Bertz CT molecular complexity index is 526. The Labute approximate surface area is 113 Å². The van der Waals surface area contributed by atoms with Gasteiger partial charge in [-0.15, -0.1) is 0 Å². The molecule has 1 aromatic heterocycles. The minimum atomic E-state index is 0.0717. The number of nitrogen functional groups attached to an aromatic ring is 1. The average molecular weight is 260 g/mol. The number of rotatable bonds is 2. The molecule has 1 atom stereocenters. The Morgan fingerprint density at radius 3 is 2.95 bits per heavy atom. The molecule has 0 spiro atoms. The number of anilines is 1. The molecule has 0 aromatic carbocycles. The number of nitrogens with two attached hydrogens (primary N) is 1. The van der Waals surface area contributed by atoms with Crippen LogP contribution in [0.4, 0.5) is 5.69 Å². The van der Waals surface area contributed by atoms with Crippen LogP contribution in [0.5, 0.6) is 0 Å². The van der Waals surface area contributed by atoms with Crippen molar-refractivity contribution in [1.82, 2.24) is 9.47 Å². The highest BCUT2D eigenvalue weighted by molar-refractivity contribution is 5.77. The zero-order chi connectivity index (χ0) is 14.0. The van der Waals surface area contributed by atoms with Gasteiger partial charge in [0.05, 0.1) is 5.69 Å². The zero-order valence-electron chi connectivity index (χ0n) is 11.5. The molecule has 1 aromatic rings. The fourth-order valence-corrected chi connectivity index (χ4v) is 2.66. The fraction of sp³-hybridized carbons (Fsp3) is 0.571. The average Bonchev–Trinajstić information content (AvgIpc) is 2.67. The number of carbonyl (C=O) groups excluding carboxylic acids is 1. The van der Waals surface area contributed by atoms with Crippen LogP contribution in [-0.2, 0) is 11.3 Å². The van der Waals surface area contributed by atoms with E-state index in [0.717, 1.165) is 25.1 Å². The van der Waals surface area contributed by atoms with E-state index in [1.165, 1.54) is 6.42 Å². The monoisotopic (exact) mass is 260 g/mol. The minimum Gasteiger partial charge on any atom is -0.397 e. The minimum absolute atomic E-state index is 0.0717. The molecule has 2 N–H and O–H groups in total. The third-order valence-corrected chi connectivity index (χ3v) is 3.94. The number of hydrogen-bond donors (Lipinski definition) is 1. The summed E-state index contributed by atoms with van der Waals surface area (Å²) in [6.07, 6.45) is 3.31. The van der Waals surface area contributed by atoms with Gasteiger partial charge < -0.3 is 15.2 Å². The number of nitriles is 1. The number of carbonyl (C=O) groups is 1. The van der Waals surface area contributed by atoms with Crippen molar-refractivity contribution in [2.75, 3.05) is 12.3 Å². The quantitative estimate of drug-likeness (QED) is 0.878. The first kappa shape index (κ1) is 13.5. The predicted octanol–water partition coefficient (Wildman–Crippen LogP) is 1.65. The summed E-state index contributed by atoms with van der Waals surface area (Å²) in [4.78, 5) is 14.3. The molecule has 0 unspecified atom stereocenters. The maximum atomic E-state index is 12.4. The maximum absolute atomic E-state index is 12.4. The van der Waals surface area contributed by atoms with Crippen LogP contribution in [0.3, 0.4) is 0 Å². The lowest BCUT2D eigenvalue weighted by Gasteiger charge is -2.33. The first-order chi connectivity index (χ1) is 9.04. The third kappa shape index (κ3) is 2.58. The van der Waals surface area contributed by atoms with Gasteiger partial charge in [-0.1, -0.05) is 0 Å². The third-order valence-electron chi connectivity index (χ3n) is 3.94. The SMILES string of the molecule is Cc1c(N)cc(C#N)n1CC(=O)N1CCCC[C@H]1C.